The lowest BCUT2D eigenvalue weighted by Crippen LogP contribution is -2.29. The Hall–Kier alpha value is -1.59. The van der Waals surface area contributed by atoms with Crippen LogP contribution in [0.15, 0.2) is 24.3 Å². The van der Waals surface area contributed by atoms with Gasteiger partial charge < -0.3 is 19.8 Å². The molecular formula is C15H23NO4. The van der Waals surface area contributed by atoms with E-state index < -0.39 is 0 Å². The van der Waals surface area contributed by atoms with E-state index in [1.807, 2.05) is 36.1 Å². The van der Waals surface area contributed by atoms with Crippen LogP contribution in [0.4, 0.5) is 5.69 Å². The maximum atomic E-state index is 11.3. The summed E-state index contributed by atoms with van der Waals surface area (Å²) in [5, 5.41) is 18.0. The fourth-order valence-corrected chi connectivity index (χ4v) is 2.08. The molecular weight excluding hydrogens is 258 g/mol. The van der Waals surface area contributed by atoms with Crippen LogP contribution in [0.2, 0.25) is 0 Å². The van der Waals surface area contributed by atoms with Crippen molar-refractivity contribution < 1.29 is 19.7 Å². The van der Waals surface area contributed by atoms with E-state index in [0.29, 0.717) is 19.5 Å². The van der Waals surface area contributed by atoms with Crippen LogP contribution in [0, 0.1) is 0 Å². The third-order valence-electron chi connectivity index (χ3n) is 3.27. The standard InChI is InChI=1S/C15H23NO4/c1-12(11-15(19)20-2)13-3-5-14(6-4-13)16(7-9-17)8-10-18/h3-6,12,17-18H,7-11H2,1-2H3/t12-/m1/s1. The van der Waals surface area contributed by atoms with Crippen LogP contribution in [0.25, 0.3) is 0 Å². The SMILES string of the molecule is COC(=O)C[C@@H](C)c1ccc(N(CCO)CCO)cc1. The first-order chi connectivity index (χ1) is 9.62. The van der Waals surface area contributed by atoms with Gasteiger partial charge in [-0.3, -0.25) is 4.79 Å². The molecule has 1 rings (SSSR count). The highest BCUT2D eigenvalue weighted by atomic mass is 16.5. The van der Waals surface area contributed by atoms with Gasteiger partial charge in [-0.1, -0.05) is 19.1 Å². The molecule has 0 saturated carbocycles. The van der Waals surface area contributed by atoms with E-state index in [9.17, 15) is 4.79 Å². The van der Waals surface area contributed by atoms with E-state index in [-0.39, 0.29) is 25.1 Å². The second-order valence-electron chi connectivity index (χ2n) is 4.71. The van der Waals surface area contributed by atoms with E-state index in [4.69, 9.17) is 10.2 Å². The Morgan fingerprint density at radius 1 is 1.20 bits per heavy atom. The quantitative estimate of drug-likeness (QED) is 0.699. The third kappa shape index (κ3) is 4.83. The number of benzene rings is 1. The molecule has 1 atom stereocenters. The maximum absolute atomic E-state index is 11.3. The van der Waals surface area contributed by atoms with Gasteiger partial charge in [0, 0.05) is 18.8 Å². The van der Waals surface area contributed by atoms with Crippen molar-refractivity contribution in [2.24, 2.45) is 0 Å². The first kappa shape index (κ1) is 16.5. The molecule has 1 aromatic carbocycles. The Bertz CT molecular complexity index is 399. The van der Waals surface area contributed by atoms with Crippen LogP contribution >= 0.6 is 0 Å². The Kier molecular flexibility index (Phi) is 7.04. The lowest BCUT2D eigenvalue weighted by atomic mass is 9.97. The highest BCUT2D eigenvalue weighted by Gasteiger charge is 2.12. The fourth-order valence-electron chi connectivity index (χ4n) is 2.08. The van der Waals surface area contributed by atoms with Gasteiger partial charge in [0.1, 0.15) is 0 Å². The normalized spacial score (nSPS) is 12.0. The summed E-state index contributed by atoms with van der Waals surface area (Å²) in [6.07, 6.45) is 0.354. The summed E-state index contributed by atoms with van der Waals surface area (Å²) in [6.45, 7) is 3.03. The molecule has 0 heterocycles. The number of anilines is 1. The molecule has 0 fully saturated rings. The first-order valence-corrected chi connectivity index (χ1v) is 6.75. The number of carbonyl (C=O) groups excluding carboxylic acids is 1. The van der Waals surface area contributed by atoms with E-state index in [1.54, 1.807) is 0 Å². The largest absolute Gasteiger partial charge is 0.469 e. The van der Waals surface area contributed by atoms with Crippen molar-refractivity contribution in [3.8, 4) is 0 Å². The topological polar surface area (TPSA) is 70.0 Å². The summed E-state index contributed by atoms with van der Waals surface area (Å²) in [6, 6.07) is 7.80. The van der Waals surface area contributed by atoms with Gasteiger partial charge in [-0.25, -0.2) is 0 Å². The summed E-state index contributed by atoms with van der Waals surface area (Å²) >= 11 is 0. The Labute approximate surface area is 119 Å². The molecule has 5 nitrogen and oxygen atoms in total. The van der Waals surface area contributed by atoms with Crippen molar-refractivity contribution >= 4 is 11.7 Å². The smallest absolute Gasteiger partial charge is 0.306 e. The fraction of sp³-hybridized carbons (Fsp3) is 0.533. The van der Waals surface area contributed by atoms with Gasteiger partial charge >= 0.3 is 5.97 Å². The Morgan fingerprint density at radius 3 is 2.20 bits per heavy atom. The molecule has 0 aliphatic rings. The van der Waals surface area contributed by atoms with Gasteiger partial charge in [0.2, 0.25) is 0 Å². The number of rotatable bonds is 8. The van der Waals surface area contributed by atoms with Gasteiger partial charge in [-0.05, 0) is 23.6 Å². The predicted octanol–water partition coefficient (Wildman–Crippen LogP) is 1.14. The minimum atomic E-state index is -0.219. The van der Waals surface area contributed by atoms with Crippen molar-refractivity contribution in [2.45, 2.75) is 19.3 Å². The summed E-state index contributed by atoms with van der Waals surface area (Å²) in [4.78, 5) is 13.2. The number of aliphatic hydroxyl groups is 2. The summed E-state index contributed by atoms with van der Waals surface area (Å²) < 4.78 is 4.67. The van der Waals surface area contributed by atoms with E-state index in [2.05, 4.69) is 4.74 Å². The van der Waals surface area contributed by atoms with E-state index >= 15 is 0 Å². The summed E-state index contributed by atoms with van der Waals surface area (Å²) in [5.74, 6) is -0.121. The first-order valence-electron chi connectivity index (χ1n) is 6.75. The van der Waals surface area contributed by atoms with Crippen LogP contribution in [-0.2, 0) is 9.53 Å². The number of aliphatic hydroxyl groups excluding tert-OH is 2. The number of hydrogen-bond acceptors (Lipinski definition) is 5. The van der Waals surface area contributed by atoms with Crippen LogP contribution in [-0.4, -0.2) is 49.6 Å². The zero-order valence-electron chi connectivity index (χ0n) is 12.1. The van der Waals surface area contributed by atoms with E-state index in [0.717, 1.165) is 11.3 Å². The molecule has 1 aromatic rings. The molecule has 5 heteroatoms. The number of hydrogen-bond donors (Lipinski definition) is 2. The highest BCUT2D eigenvalue weighted by molar-refractivity contribution is 5.70. The number of carbonyl (C=O) groups is 1. The van der Waals surface area contributed by atoms with Crippen molar-refractivity contribution in [3.63, 3.8) is 0 Å². The van der Waals surface area contributed by atoms with Gasteiger partial charge in [0.25, 0.3) is 0 Å². The van der Waals surface area contributed by atoms with Crippen LogP contribution in [0.3, 0.4) is 0 Å². The van der Waals surface area contributed by atoms with Crippen molar-refractivity contribution in [3.05, 3.63) is 29.8 Å². The minimum Gasteiger partial charge on any atom is -0.469 e. The zero-order chi connectivity index (χ0) is 15.0. The molecule has 0 saturated heterocycles. The summed E-state index contributed by atoms with van der Waals surface area (Å²) in [7, 11) is 1.39. The number of nitrogens with zero attached hydrogens (tertiary/aromatic N) is 1. The summed E-state index contributed by atoms with van der Waals surface area (Å²) in [5.41, 5.74) is 2.01. The highest BCUT2D eigenvalue weighted by Crippen LogP contribution is 2.23. The lowest BCUT2D eigenvalue weighted by molar-refractivity contribution is -0.140. The molecule has 0 spiro atoms. The molecule has 20 heavy (non-hydrogen) atoms. The number of ether oxygens (including phenoxy) is 1. The van der Waals surface area contributed by atoms with Crippen LogP contribution in [0.1, 0.15) is 24.8 Å². The monoisotopic (exact) mass is 281 g/mol. The molecule has 112 valence electrons. The molecule has 2 N–H and O–H groups in total. The van der Waals surface area contributed by atoms with Crippen molar-refractivity contribution in [1.29, 1.82) is 0 Å². The van der Waals surface area contributed by atoms with Gasteiger partial charge in [-0.15, -0.1) is 0 Å². The molecule has 0 bridgehead atoms. The van der Waals surface area contributed by atoms with Crippen molar-refractivity contribution in [2.75, 3.05) is 38.3 Å². The molecule has 0 radical (unpaired) electrons. The lowest BCUT2D eigenvalue weighted by Gasteiger charge is -2.23. The van der Waals surface area contributed by atoms with Crippen LogP contribution in [0.5, 0.6) is 0 Å². The molecule has 0 aliphatic heterocycles. The number of esters is 1. The van der Waals surface area contributed by atoms with Crippen LogP contribution < -0.4 is 4.90 Å². The minimum absolute atomic E-state index is 0.0422. The Balaban J connectivity index is 2.73. The van der Waals surface area contributed by atoms with E-state index in [1.165, 1.54) is 7.11 Å². The molecule has 0 amide bonds. The average molecular weight is 281 g/mol. The molecule has 0 aromatic heterocycles. The predicted molar refractivity (Wildman–Crippen MR) is 77.9 cm³/mol. The molecule has 0 unspecified atom stereocenters. The maximum Gasteiger partial charge on any atom is 0.306 e. The third-order valence-corrected chi connectivity index (χ3v) is 3.27. The zero-order valence-corrected chi connectivity index (χ0v) is 12.1. The van der Waals surface area contributed by atoms with Gasteiger partial charge in [-0.2, -0.15) is 0 Å². The van der Waals surface area contributed by atoms with Gasteiger partial charge in [0.05, 0.1) is 26.7 Å². The number of methoxy groups -OCH3 is 1. The second kappa shape index (κ2) is 8.55. The average Bonchev–Trinajstić information content (AvgIpc) is 2.47. The Morgan fingerprint density at radius 2 is 1.75 bits per heavy atom. The molecule has 0 aliphatic carbocycles. The second-order valence-corrected chi connectivity index (χ2v) is 4.71. The van der Waals surface area contributed by atoms with Crippen molar-refractivity contribution in [1.82, 2.24) is 0 Å². The van der Waals surface area contributed by atoms with Gasteiger partial charge in [0.15, 0.2) is 0 Å².